The van der Waals surface area contributed by atoms with Crippen molar-refractivity contribution in [2.45, 2.75) is 45.6 Å². The lowest BCUT2D eigenvalue weighted by Gasteiger charge is -2.11. The second-order valence-corrected chi connectivity index (χ2v) is 4.51. The summed E-state index contributed by atoms with van der Waals surface area (Å²) in [6.45, 7) is 6.00. The van der Waals surface area contributed by atoms with Crippen LogP contribution in [0.1, 0.15) is 55.8 Å². The first-order valence-electron chi connectivity index (χ1n) is 5.93. The summed E-state index contributed by atoms with van der Waals surface area (Å²) in [5.74, 6) is 0.695. The van der Waals surface area contributed by atoms with Crippen molar-refractivity contribution < 1.29 is 14.4 Å². The Bertz CT molecular complexity index is 360. The van der Waals surface area contributed by atoms with Crippen molar-refractivity contribution in [3.63, 3.8) is 0 Å². The van der Waals surface area contributed by atoms with Crippen LogP contribution in [0, 0.1) is 0 Å². The summed E-state index contributed by atoms with van der Waals surface area (Å²) in [7, 11) is 0. The second kappa shape index (κ2) is 6.39. The maximum atomic E-state index is 11.8. The molecule has 1 aromatic heterocycles. The summed E-state index contributed by atoms with van der Waals surface area (Å²) in [5.41, 5.74) is 0.310. The van der Waals surface area contributed by atoms with E-state index >= 15 is 0 Å². The normalized spacial score (nSPS) is 12.8. The van der Waals surface area contributed by atoms with Gasteiger partial charge in [-0.05, 0) is 19.8 Å². The molecule has 0 aliphatic rings. The summed E-state index contributed by atoms with van der Waals surface area (Å²) in [5, 5.41) is 15.2. The minimum Gasteiger partial charge on any atom is -0.396 e. The number of aromatic nitrogens is 1. The molecule has 17 heavy (non-hydrogen) atoms. The van der Waals surface area contributed by atoms with Crippen LogP contribution in [0.4, 0.5) is 0 Å². The van der Waals surface area contributed by atoms with Crippen LogP contribution in [0.5, 0.6) is 0 Å². The van der Waals surface area contributed by atoms with Crippen LogP contribution in [0.25, 0.3) is 0 Å². The Morgan fingerprint density at radius 3 is 2.76 bits per heavy atom. The van der Waals surface area contributed by atoms with Crippen LogP contribution in [0.15, 0.2) is 10.6 Å². The summed E-state index contributed by atoms with van der Waals surface area (Å²) < 4.78 is 5.06. The van der Waals surface area contributed by atoms with Crippen molar-refractivity contribution in [1.82, 2.24) is 10.5 Å². The Kier molecular flexibility index (Phi) is 5.15. The average molecular weight is 240 g/mol. The maximum Gasteiger partial charge on any atom is 0.273 e. The molecular weight excluding hydrogens is 220 g/mol. The number of rotatable bonds is 6. The summed E-state index contributed by atoms with van der Waals surface area (Å²) in [4.78, 5) is 11.8. The van der Waals surface area contributed by atoms with Gasteiger partial charge in [-0.15, -0.1) is 0 Å². The van der Waals surface area contributed by atoms with Crippen LogP contribution in [0.2, 0.25) is 0 Å². The third-order valence-corrected chi connectivity index (χ3v) is 2.50. The zero-order valence-corrected chi connectivity index (χ0v) is 10.6. The zero-order valence-electron chi connectivity index (χ0n) is 10.6. The van der Waals surface area contributed by atoms with Gasteiger partial charge < -0.3 is 14.9 Å². The van der Waals surface area contributed by atoms with Crippen LogP contribution >= 0.6 is 0 Å². The molecular formula is C12H20N2O3. The standard InChI is InChI=1S/C12H20N2O3/c1-8(2)11-7-10(14-17-11)12(16)13-9(3)5-4-6-15/h7-9,15H,4-6H2,1-3H3,(H,13,16). The maximum absolute atomic E-state index is 11.8. The number of carbonyl (C=O) groups excluding carboxylic acids is 1. The molecule has 0 radical (unpaired) electrons. The van der Waals surface area contributed by atoms with E-state index in [1.165, 1.54) is 0 Å². The van der Waals surface area contributed by atoms with Crippen molar-refractivity contribution >= 4 is 5.91 Å². The van der Waals surface area contributed by atoms with E-state index in [-0.39, 0.29) is 24.5 Å². The summed E-state index contributed by atoms with van der Waals surface area (Å²) in [6, 6.07) is 1.69. The van der Waals surface area contributed by atoms with Crippen LogP contribution in [-0.2, 0) is 0 Å². The van der Waals surface area contributed by atoms with E-state index in [9.17, 15) is 4.79 Å². The number of hydrogen-bond acceptors (Lipinski definition) is 4. The molecule has 5 nitrogen and oxygen atoms in total. The number of nitrogens with zero attached hydrogens (tertiary/aromatic N) is 1. The fraction of sp³-hybridized carbons (Fsp3) is 0.667. The minimum atomic E-state index is -0.230. The lowest BCUT2D eigenvalue weighted by Crippen LogP contribution is -2.32. The van der Waals surface area contributed by atoms with E-state index in [4.69, 9.17) is 9.63 Å². The molecule has 1 heterocycles. The fourth-order valence-electron chi connectivity index (χ4n) is 1.44. The molecule has 0 aromatic carbocycles. The fourth-order valence-corrected chi connectivity index (χ4v) is 1.44. The molecule has 96 valence electrons. The SMILES string of the molecule is CC(CCCO)NC(=O)c1cc(C(C)C)on1. The van der Waals surface area contributed by atoms with Crippen LogP contribution < -0.4 is 5.32 Å². The number of amides is 1. The third-order valence-electron chi connectivity index (χ3n) is 2.50. The van der Waals surface area contributed by atoms with Gasteiger partial charge >= 0.3 is 0 Å². The number of aliphatic hydroxyl groups excluding tert-OH is 1. The van der Waals surface area contributed by atoms with Gasteiger partial charge in [-0.3, -0.25) is 4.79 Å². The molecule has 1 rings (SSSR count). The first-order chi connectivity index (χ1) is 8.04. The summed E-state index contributed by atoms with van der Waals surface area (Å²) >= 11 is 0. The zero-order chi connectivity index (χ0) is 12.8. The largest absolute Gasteiger partial charge is 0.396 e. The van der Waals surface area contributed by atoms with Gasteiger partial charge in [0.2, 0.25) is 0 Å². The topological polar surface area (TPSA) is 75.4 Å². The Hall–Kier alpha value is -1.36. The average Bonchev–Trinajstić information content (AvgIpc) is 2.75. The Morgan fingerprint density at radius 1 is 1.53 bits per heavy atom. The molecule has 5 heteroatoms. The second-order valence-electron chi connectivity index (χ2n) is 4.51. The first-order valence-corrected chi connectivity index (χ1v) is 5.93. The lowest BCUT2D eigenvalue weighted by molar-refractivity contribution is 0.0927. The Balaban J connectivity index is 2.51. The highest BCUT2D eigenvalue weighted by molar-refractivity contribution is 5.92. The predicted octanol–water partition coefficient (Wildman–Crippen LogP) is 1.69. The van der Waals surface area contributed by atoms with Gasteiger partial charge in [0.25, 0.3) is 5.91 Å². The smallest absolute Gasteiger partial charge is 0.273 e. The van der Waals surface area contributed by atoms with Crippen LogP contribution in [0.3, 0.4) is 0 Å². The van der Waals surface area contributed by atoms with Gasteiger partial charge in [-0.2, -0.15) is 0 Å². The van der Waals surface area contributed by atoms with Gasteiger partial charge in [0, 0.05) is 24.6 Å². The van der Waals surface area contributed by atoms with Gasteiger partial charge in [0.05, 0.1) is 0 Å². The highest BCUT2D eigenvalue weighted by Crippen LogP contribution is 2.15. The Labute approximate surface area is 101 Å². The molecule has 1 amide bonds. The van der Waals surface area contributed by atoms with Crippen molar-refractivity contribution in [1.29, 1.82) is 0 Å². The molecule has 0 fully saturated rings. The molecule has 1 unspecified atom stereocenters. The Morgan fingerprint density at radius 2 is 2.24 bits per heavy atom. The van der Waals surface area contributed by atoms with Crippen molar-refractivity contribution in [2.24, 2.45) is 0 Å². The summed E-state index contributed by atoms with van der Waals surface area (Å²) in [6.07, 6.45) is 1.43. The molecule has 0 spiro atoms. The number of aliphatic hydroxyl groups is 1. The molecule has 0 saturated carbocycles. The molecule has 0 saturated heterocycles. The van der Waals surface area contributed by atoms with E-state index in [2.05, 4.69) is 10.5 Å². The van der Waals surface area contributed by atoms with Gasteiger partial charge in [0.1, 0.15) is 5.76 Å². The van der Waals surface area contributed by atoms with Gasteiger partial charge in [0.15, 0.2) is 5.69 Å². The first kappa shape index (κ1) is 13.7. The number of hydrogen-bond donors (Lipinski definition) is 2. The predicted molar refractivity (Wildman–Crippen MR) is 63.8 cm³/mol. The quantitative estimate of drug-likeness (QED) is 0.793. The van der Waals surface area contributed by atoms with Crippen molar-refractivity contribution in [2.75, 3.05) is 6.61 Å². The lowest BCUT2D eigenvalue weighted by atomic mass is 10.1. The number of nitrogens with one attached hydrogen (secondary N) is 1. The van der Waals surface area contributed by atoms with E-state index < -0.39 is 0 Å². The van der Waals surface area contributed by atoms with Crippen LogP contribution in [-0.4, -0.2) is 28.8 Å². The minimum absolute atomic E-state index is 0.0221. The molecule has 1 aromatic rings. The molecule has 2 N–H and O–H groups in total. The van der Waals surface area contributed by atoms with Gasteiger partial charge in [-0.1, -0.05) is 19.0 Å². The van der Waals surface area contributed by atoms with E-state index in [0.29, 0.717) is 17.9 Å². The highest BCUT2D eigenvalue weighted by Gasteiger charge is 2.15. The molecule has 0 bridgehead atoms. The third kappa shape index (κ3) is 4.19. The van der Waals surface area contributed by atoms with Crippen molar-refractivity contribution in [3.8, 4) is 0 Å². The van der Waals surface area contributed by atoms with Crippen molar-refractivity contribution in [3.05, 3.63) is 17.5 Å². The molecule has 1 atom stereocenters. The van der Waals surface area contributed by atoms with E-state index in [1.54, 1.807) is 6.07 Å². The van der Waals surface area contributed by atoms with E-state index in [1.807, 2.05) is 20.8 Å². The van der Waals surface area contributed by atoms with Gasteiger partial charge in [-0.25, -0.2) is 0 Å². The number of carbonyl (C=O) groups is 1. The molecule has 0 aliphatic heterocycles. The highest BCUT2D eigenvalue weighted by atomic mass is 16.5. The monoisotopic (exact) mass is 240 g/mol. The molecule has 0 aliphatic carbocycles. The van der Waals surface area contributed by atoms with E-state index in [0.717, 1.165) is 6.42 Å².